The molecule has 2 rings (SSSR count). The molecule has 8 heteroatoms. The fourth-order valence-electron chi connectivity index (χ4n) is 4.05. The number of hydrogen-bond acceptors (Lipinski definition) is 6. The van der Waals surface area contributed by atoms with Crippen molar-refractivity contribution >= 4 is 11.9 Å². The van der Waals surface area contributed by atoms with E-state index >= 15 is 0 Å². The van der Waals surface area contributed by atoms with Crippen molar-refractivity contribution in [2.24, 2.45) is 16.3 Å². The fraction of sp³-hybridized carbons (Fsp3) is 0.667. The van der Waals surface area contributed by atoms with E-state index in [2.05, 4.69) is 55.6 Å². The predicted molar refractivity (Wildman–Crippen MR) is 127 cm³/mol. The van der Waals surface area contributed by atoms with Gasteiger partial charge in [0.15, 0.2) is 0 Å². The highest BCUT2D eigenvalue weighted by molar-refractivity contribution is 5.78. The van der Waals surface area contributed by atoms with E-state index in [0.29, 0.717) is 31.4 Å². The minimum absolute atomic E-state index is 0.0166. The van der Waals surface area contributed by atoms with Gasteiger partial charge in [0, 0.05) is 20.6 Å². The van der Waals surface area contributed by atoms with Crippen LogP contribution < -0.4 is 15.5 Å². The maximum Gasteiger partial charge on any atom is 0.323 e. The van der Waals surface area contributed by atoms with Gasteiger partial charge in [0.1, 0.15) is 11.8 Å². The highest BCUT2D eigenvalue weighted by Crippen LogP contribution is 2.32. The molecule has 0 amide bonds. The van der Waals surface area contributed by atoms with Gasteiger partial charge in [-0.15, -0.1) is 0 Å². The summed E-state index contributed by atoms with van der Waals surface area (Å²) in [7, 11) is 6.89. The van der Waals surface area contributed by atoms with E-state index < -0.39 is 0 Å². The summed E-state index contributed by atoms with van der Waals surface area (Å²) >= 11 is 0. The van der Waals surface area contributed by atoms with Crippen LogP contribution in [0.1, 0.15) is 45.2 Å². The third kappa shape index (κ3) is 6.84. The van der Waals surface area contributed by atoms with Crippen molar-refractivity contribution in [1.82, 2.24) is 15.7 Å². The lowest BCUT2D eigenvalue weighted by atomic mass is 9.79. The molecule has 180 valence electrons. The zero-order chi connectivity index (χ0) is 23.9. The molecular weight excluding hydrogens is 408 g/mol. The summed E-state index contributed by atoms with van der Waals surface area (Å²) in [5.41, 5.74) is 5.20. The molecule has 1 aliphatic rings. The zero-order valence-corrected chi connectivity index (χ0v) is 20.8. The van der Waals surface area contributed by atoms with Crippen molar-refractivity contribution in [2.45, 2.75) is 59.2 Å². The Morgan fingerprint density at radius 2 is 2.03 bits per heavy atom. The number of guanidine groups is 1. The number of benzene rings is 1. The van der Waals surface area contributed by atoms with Crippen LogP contribution >= 0.6 is 0 Å². The highest BCUT2D eigenvalue weighted by atomic mass is 16.7. The molecule has 1 aromatic carbocycles. The molecule has 0 aliphatic carbocycles. The third-order valence-electron chi connectivity index (χ3n) is 6.32. The Balaban J connectivity index is 1.89. The largest absolute Gasteiger partial charge is 0.493 e. The lowest BCUT2D eigenvalue weighted by Crippen LogP contribution is -2.43. The van der Waals surface area contributed by atoms with Gasteiger partial charge < -0.3 is 14.8 Å². The van der Waals surface area contributed by atoms with Gasteiger partial charge in [-0.2, -0.15) is 0 Å². The summed E-state index contributed by atoms with van der Waals surface area (Å²) in [6, 6.07) is 5.93. The number of fused-ring (bicyclic) bond motifs is 1. The monoisotopic (exact) mass is 448 g/mol. The molecule has 0 bridgehead atoms. The number of ether oxygens (including phenoxy) is 2. The summed E-state index contributed by atoms with van der Waals surface area (Å²) < 4.78 is 11.1. The number of carbonyl (C=O) groups is 1. The van der Waals surface area contributed by atoms with Crippen LogP contribution in [-0.4, -0.2) is 63.8 Å². The van der Waals surface area contributed by atoms with Crippen molar-refractivity contribution in [3.8, 4) is 5.75 Å². The number of likely N-dealkylation sites (N-methyl/N-ethyl adjacent to an activating group) is 1. The second-order valence-electron chi connectivity index (χ2n) is 9.38. The van der Waals surface area contributed by atoms with Crippen molar-refractivity contribution < 1.29 is 19.1 Å². The maximum atomic E-state index is 12.0. The second-order valence-corrected chi connectivity index (χ2v) is 9.38. The molecule has 0 saturated heterocycles. The Morgan fingerprint density at radius 3 is 2.66 bits per heavy atom. The topological polar surface area (TPSA) is 84.4 Å². The van der Waals surface area contributed by atoms with Gasteiger partial charge in [-0.05, 0) is 61.4 Å². The first-order chi connectivity index (χ1) is 15.1. The number of nitrogens with one attached hydrogen (secondary N) is 2. The van der Waals surface area contributed by atoms with Crippen LogP contribution in [0.15, 0.2) is 23.2 Å². The summed E-state index contributed by atoms with van der Waals surface area (Å²) in [5, 5.41) is 2.94. The smallest absolute Gasteiger partial charge is 0.323 e. The second kappa shape index (κ2) is 11.5. The highest BCUT2D eigenvalue weighted by Gasteiger charge is 2.31. The molecule has 1 aliphatic heterocycles. The number of rotatable bonds is 9. The number of methoxy groups -OCH3 is 1. The standard InChI is InChI=1S/C24H40N4O4/c1-16(13-24(3,4)17(2)32-27-23(25-5)26-6)15-31-20-10-9-18-12-21(22(29)30-8)28(7)14-19(18)11-20/h9-11,16-17,21H,12-15H2,1-8H3,(H2,25,26,27). The first-order valence-electron chi connectivity index (χ1n) is 11.2. The van der Waals surface area contributed by atoms with Crippen LogP contribution in [0.25, 0.3) is 0 Å². The van der Waals surface area contributed by atoms with Crippen LogP contribution in [0.5, 0.6) is 5.75 Å². The first-order valence-corrected chi connectivity index (χ1v) is 11.2. The van der Waals surface area contributed by atoms with Gasteiger partial charge in [0.2, 0.25) is 5.96 Å². The van der Waals surface area contributed by atoms with Gasteiger partial charge in [0.25, 0.3) is 0 Å². The molecule has 1 heterocycles. The molecule has 0 radical (unpaired) electrons. The molecule has 32 heavy (non-hydrogen) atoms. The maximum absolute atomic E-state index is 12.0. The van der Waals surface area contributed by atoms with Crippen LogP contribution in [0, 0.1) is 11.3 Å². The van der Waals surface area contributed by atoms with E-state index in [0.717, 1.165) is 12.2 Å². The van der Waals surface area contributed by atoms with Crippen molar-refractivity contribution in [3.05, 3.63) is 29.3 Å². The number of nitrogens with zero attached hydrogens (tertiary/aromatic N) is 2. The van der Waals surface area contributed by atoms with Crippen LogP contribution in [0.3, 0.4) is 0 Å². The molecule has 0 aromatic heterocycles. The summed E-state index contributed by atoms with van der Waals surface area (Å²) in [6.07, 6.45) is 1.59. The molecule has 3 unspecified atom stereocenters. The van der Waals surface area contributed by atoms with E-state index in [1.54, 1.807) is 14.1 Å². The van der Waals surface area contributed by atoms with E-state index in [4.69, 9.17) is 14.3 Å². The van der Waals surface area contributed by atoms with E-state index in [1.807, 2.05) is 18.0 Å². The Kier molecular flexibility index (Phi) is 9.33. The quantitative estimate of drug-likeness (QED) is 0.260. The molecule has 8 nitrogen and oxygen atoms in total. The van der Waals surface area contributed by atoms with Crippen molar-refractivity contribution in [1.29, 1.82) is 0 Å². The normalized spacial score (nSPS) is 19.0. The lowest BCUT2D eigenvalue weighted by molar-refractivity contribution is -0.147. The molecule has 0 fully saturated rings. The van der Waals surface area contributed by atoms with Crippen LogP contribution in [-0.2, 0) is 27.3 Å². The molecule has 1 aromatic rings. The SMILES string of the molecule is CN=C(NC)NOC(C)C(C)(C)CC(C)COc1ccc2c(c1)CN(C)C(C(=O)OC)C2. The zero-order valence-electron chi connectivity index (χ0n) is 20.8. The van der Waals surface area contributed by atoms with Gasteiger partial charge in [-0.1, -0.05) is 26.8 Å². The van der Waals surface area contributed by atoms with E-state index in [9.17, 15) is 4.79 Å². The summed E-state index contributed by atoms with van der Waals surface area (Å²) in [4.78, 5) is 23.9. The van der Waals surface area contributed by atoms with Crippen molar-refractivity contribution in [3.63, 3.8) is 0 Å². The van der Waals surface area contributed by atoms with Gasteiger partial charge in [-0.3, -0.25) is 19.5 Å². The number of aliphatic imine (C=N–C) groups is 1. The van der Waals surface area contributed by atoms with Crippen LogP contribution in [0.4, 0.5) is 0 Å². The summed E-state index contributed by atoms with van der Waals surface area (Å²) in [5.74, 6) is 1.62. The third-order valence-corrected chi connectivity index (χ3v) is 6.32. The fourth-order valence-corrected chi connectivity index (χ4v) is 4.05. The average molecular weight is 449 g/mol. The Labute approximate surface area is 192 Å². The number of hydroxylamine groups is 1. The molecular formula is C24H40N4O4. The first kappa shape index (κ1) is 25.9. The minimum atomic E-state index is -0.229. The van der Waals surface area contributed by atoms with Crippen LogP contribution in [0.2, 0.25) is 0 Å². The lowest BCUT2D eigenvalue weighted by Gasteiger charge is -2.34. The van der Waals surface area contributed by atoms with E-state index in [-0.39, 0.29) is 23.5 Å². The molecule has 0 saturated carbocycles. The van der Waals surface area contributed by atoms with Gasteiger partial charge in [-0.25, -0.2) is 5.48 Å². The Bertz CT molecular complexity index is 796. The molecule has 0 spiro atoms. The van der Waals surface area contributed by atoms with Crippen molar-refractivity contribution in [2.75, 3.05) is 34.9 Å². The molecule has 3 atom stereocenters. The summed E-state index contributed by atoms with van der Waals surface area (Å²) in [6.45, 7) is 9.98. The average Bonchev–Trinajstić information content (AvgIpc) is 2.76. The predicted octanol–water partition coefficient (Wildman–Crippen LogP) is 2.76. The Morgan fingerprint density at radius 1 is 1.31 bits per heavy atom. The number of carbonyl (C=O) groups excluding carboxylic acids is 1. The van der Waals surface area contributed by atoms with Gasteiger partial charge >= 0.3 is 5.97 Å². The Hall–Kier alpha value is -2.32. The number of hydrogen-bond donors (Lipinski definition) is 2. The minimum Gasteiger partial charge on any atom is -0.493 e. The van der Waals surface area contributed by atoms with Gasteiger partial charge in [0.05, 0.1) is 19.8 Å². The van der Waals surface area contributed by atoms with E-state index in [1.165, 1.54) is 18.2 Å². The molecule has 2 N–H and O–H groups in total. The number of esters is 1.